The molecule has 1 radical (unpaired) electrons. The third kappa shape index (κ3) is 7.34. The van der Waals surface area contributed by atoms with Crippen LogP contribution in [0.25, 0.3) is 61.4 Å². The second-order valence-corrected chi connectivity index (χ2v) is 24.6. The van der Waals surface area contributed by atoms with E-state index in [1.54, 1.807) is 0 Å². The molecule has 6 nitrogen and oxygen atoms in total. The Hall–Kier alpha value is -4.43. The summed E-state index contributed by atoms with van der Waals surface area (Å²) in [7, 11) is 0. The Balaban J connectivity index is 0.000000193. The van der Waals surface area contributed by atoms with Crippen molar-refractivity contribution in [3.63, 3.8) is 0 Å². The van der Waals surface area contributed by atoms with E-state index >= 15 is 0 Å². The van der Waals surface area contributed by atoms with Gasteiger partial charge in [0.1, 0.15) is 0 Å². The molecule has 8 heteroatoms. The second-order valence-electron chi connectivity index (χ2n) is 14.0. The maximum absolute atomic E-state index is 8.44. The van der Waals surface area contributed by atoms with E-state index in [1.165, 1.54) is 4.40 Å². The van der Waals surface area contributed by atoms with Gasteiger partial charge in [0.2, 0.25) is 5.71 Å². The molecule has 0 unspecified atom stereocenters. The Morgan fingerprint density at radius 3 is 2.24 bits per heavy atom. The minimum atomic E-state index is -2.03. The van der Waals surface area contributed by atoms with Gasteiger partial charge in [-0.3, -0.25) is 9.97 Å². The van der Waals surface area contributed by atoms with Crippen LogP contribution in [0.5, 0.6) is 0 Å². The van der Waals surface area contributed by atoms with Gasteiger partial charge in [0.05, 0.1) is 22.4 Å². The Labute approximate surface area is 317 Å². The van der Waals surface area contributed by atoms with Gasteiger partial charge in [-0.2, -0.15) is 0 Å². The number of furan rings is 1. The summed E-state index contributed by atoms with van der Waals surface area (Å²) in [6.45, 7) is 9.90. The van der Waals surface area contributed by atoms with Crippen molar-refractivity contribution in [1.82, 2.24) is 24.5 Å². The van der Waals surface area contributed by atoms with E-state index in [9.17, 15) is 0 Å². The predicted molar refractivity (Wildman–Crippen MR) is 208 cm³/mol. The third-order valence-electron chi connectivity index (χ3n) is 8.78. The van der Waals surface area contributed by atoms with Gasteiger partial charge < -0.3 is 8.98 Å². The maximum Gasteiger partial charge on any atom is 0 e. The van der Waals surface area contributed by atoms with Gasteiger partial charge in [-0.05, 0) is 57.2 Å². The molecule has 0 atom stereocenters. The van der Waals surface area contributed by atoms with Crippen LogP contribution < -0.4 is 4.40 Å². The fourth-order valence-electron chi connectivity index (χ4n) is 6.44. The fourth-order valence-corrected chi connectivity index (χ4v) is 9.76. The standard InChI is InChI=1S/C26H19N4O.C17H22GeN.Ir/c1-15-11-12-20-19-7-6-8-21(24(19)31-26(20)28-15)25-29-22-9-4-5-10-23(22)30(25)18-13-16(2)27-17(3)14-18;1-13(2)15-11-17(14-9-7-6-8-10-14)19-12-16(15)18(3,4)5;/h4-7,9-14H,1-3H3;6-9,11-13H,1-5H3;/q2*-1;/i;13D;. The molecule has 0 aliphatic rings. The SMILES string of the molecule is Cc1cc(-n2c(-c3[c-]ccc4c3oc3nc(C)ccc34)nc3ccccc32)cc(C)n1.[2H]C(C)(C)c1cc(-c2[c-]cccc2)nc[c]1[Ge]([CH3])([CH3])[CH3].[Ir]. The molecule has 5 aromatic heterocycles. The third-order valence-corrected chi connectivity index (χ3v) is 13.0. The molecule has 0 amide bonds. The largest absolute Gasteiger partial charge is 0 e. The molecule has 259 valence electrons. The van der Waals surface area contributed by atoms with Gasteiger partial charge in [-0.25, -0.2) is 4.98 Å². The van der Waals surface area contributed by atoms with Crippen LogP contribution in [-0.4, -0.2) is 37.8 Å². The summed E-state index contributed by atoms with van der Waals surface area (Å²) >= 11 is -2.03. The molecule has 0 aliphatic heterocycles. The smallest absolute Gasteiger partial charge is 0 e. The number of aryl methyl sites for hydroxylation is 3. The van der Waals surface area contributed by atoms with E-state index < -0.39 is 19.2 Å². The zero-order valence-corrected chi connectivity index (χ0v) is 34.7. The molecule has 8 aromatic rings. The Morgan fingerprint density at radius 1 is 0.784 bits per heavy atom. The maximum atomic E-state index is 8.44. The van der Waals surface area contributed by atoms with Gasteiger partial charge >= 0.3 is 120 Å². The molecule has 0 saturated carbocycles. The van der Waals surface area contributed by atoms with Crippen molar-refractivity contribution in [2.75, 3.05) is 0 Å². The van der Waals surface area contributed by atoms with E-state index in [1.807, 2.05) is 101 Å². The molecule has 0 saturated heterocycles. The van der Waals surface area contributed by atoms with Crippen LogP contribution in [0.3, 0.4) is 0 Å². The van der Waals surface area contributed by atoms with Crippen molar-refractivity contribution in [1.29, 1.82) is 0 Å². The number of hydrogen-bond donors (Lipinski definition) is 0. The molecule has 3 aromatic carbocycles. The van der Waals surface area contributed by atoms with E-state index in [2.05, 4.69) is 79.3 Å². The Kier molecular flexibility index (Phi) is 10.1. The second kappa shape index (κ2) is 14.7. The zero-order valence-electron chi connectivity index (χ0n) is 31.2. The summed E-state index contributed by atoms with van der Waals surface area (Å²) in [5.74, 6) is 7.23. The van der Waals surface area contributed by atoms with Crippen LogP contribution in [-0.2, 0) is 20.1 Å². The number of imidazole rings is 1. The van der Waals surface area contributed by atoms with Gasteiger partial charge in [-0.1, -0.05) is 23.1 Å². The summed E-state index contributed by atoms with van der Waals surface area (Å²) in [4.78, 5) is 18.7. The first-order chi connectivity index (χ1) is 24.3. The number of para-hydroxylation sites is 2. The van der Waals surface area contributed by atoms with Crippen molar-refractivity contribution in [2.24, 2.45) is 0 Å². The van der Waals surface area contributed by atoms with Gasteiger partial charge in [0.15, 0.2) is 0 Å². The number of aromatic nitrogens is 5. The molecule has 0 N–H and O–H groups in total. The molecule has 5 heterocycles. The Morgan fingerprint density at radius 2 is 1.53 bits per heavy atom. The number of nitrogens with zero attached hydrogens (tertiary/aromatic N) is 5. The number of hydrogen-bond acceptors (Lipinski definition) is 5. The van der Waals surface area contributed by atoms with Crippen LogP contribution in [0.2, 0.25) is 17.3 Å². The van der Waals surface area contributed by atoms with Gasteiger partial charge in [0, 0.05) is 48.3 Å². The van der Waals surface area contributed by atoms with Crippen molar-refractivity contribution < 1.29 is 25.9 Å². The topological polar surface area (TPSA) is 69.6 Å². The summed E-state index contributed by atoms with van der Waals surface area (Å²) in [5, 5.41) is 2.01. The molecule has 0 fully saturated rings. The van der Waals surface area contributed by atoms with Crippen LogP contribution in [0.1, 0.15) is 43.8 Å². The molecule has 0 bridgehead atoms. The molecule has 8 rings (SSSR count). The summed E-state index contributed by atoms with van der Waals surface area (Å²) in [5.41, 5.74) is 11.0. The fraction of sp³-hybridized carbons (Fsp3) is 0.209. The number of fused-ring (bicyclic) bond motifs is 4. The monoisotopic (exact) mass is 911 g/mol. The summed E-state index contributed by atoms with van der Waals surface area (Å²) in [6.07, 6.45) is 2.00. The first-order valence-corrected chi connectivity index (χ1v) is 24.2. The van der Waals surface area contributed by atoms with Crippen LogP contribution in [0.15, 0.2) is 102 Å². The van der Waals surface area contributed by atoms with Crippen LogP contribution >= 0.6 is 0 Å². The van der Waals surface area contributed by atoms with E-state index in [0.29, 0.717) is 5.71 Å². The van der Waals surface area contributed by atoms with Crippen molar-refractivity contribution in [2.45, 2.75) is 57.8 Å². The molecular weight excluding hydrogens is 867 g/mol. The minimum Gasteiger partial charge on any atom is 0 e. The molecule has 0 aliphatic carbocycles. The van der Waals surface area contributed by atoms with Crippen LogP contribution in [0.4, 0.5) is 0 Å². The Bertz CT molecular complexity index is 2530. The molecule has 0 spiro atoms. The molecular formula is C43H41GeIrN5O-2. The van der Waals surface area contributed by atoms with E-state index in [4.69, 9.17) is 10.8 Å². The van der Waals surface area contributed by atoms with Crippen molar-refractivity contribution in [3.05, 3.63) is 132 Å². The average molecular weight is 910 g/mol. The number of rotatable bonds is 5. The quantitative estimate of drug-likeness (QED) is 0.127. The number of benzene rings is 3. The van der Waals surface area contributed by atoms with Gasteiger partial charge in [0.25, 0.3) is 0 Å². The van der Waals surface area contributed by atoms with E-state index in [0.717, 1.165) is 78.4 Å². The summed E-state index contributed by atoms with van der Waals surface area (Å²) < 4.78 is 18.2. The zero-order chi connectivity index (χ0) is 36.1. The normalized spacial score (nSPS) is 12.0. The van der Waals surface area contributed by atoms with Crippen molar-refractivity contribution in [3.8, 4) is 28.3 Å². The number of pyridine rings is 3. The first kappa shape index (κ1) is 35.0. The van der Waals surface area contributed by atoms with E-state index in [-0.39, 0.29) is 20.1 Å². The average Bonchev–Trinajstić information content (AvgIpc) is 3.66. The van der Waals surface area contributed by atoms with Crippen molar-refractivity contribution >= 4 is 50.8 Å². The molecule has 51 heavy (non-hydrogen) atoms. The summed E-state index contributed by atoms with van der Waals surface area (Å²) in [6, 6.07) is 36.9. The van der Waals surface area contributed by atoms with Crippen LogP contribution in [0, 0.1) is 32.9 Å². The minimum absolute atomic E-state index is 0. The predicted octanol–water partition coefficient (Wildman–Crippen LogP) is 10.3. The van der Waals surface area contributed by atoms with Gasteiger partial charge in [-0.15, -0.1) is 18.2 Å². The first-order valence-electron chi connectivity index (χ1n) is 17.4.